The molecule has 0 atom stereocenters. The standard InChI is InChI=1S/C14H14N6O2/c1-16-10-6-9(8-19-5-3-2-4-12(19)21)18-20-11(13(15)22)7-17-14(10)20/h2-7,16H,8H2,1H3,(H2,15,22). The van der Waals surface area contributed by atoms with Crippen molar-refractivity contribution >= 4 is 17.2 Å². The number of pyridine rings is 1. The molecule has 3 aromatic heterocycles. The topological polar surface area (TPSA) is 107 Å². The van der Waals surface area contributed by atoms with E-state index in [2.05, 4.69) is 15.4 Å². The number of amides is 1. The fourth-order valence-electron chi connectivity index (χ4n) is 2.21. The number of rotatable bonds is 4. The first-order valence-corrected chi connectivity index (χ1v) is 6.61. The summed E-state index contributed by atoms with van der Waals surface area (Å²) in [6.45, 7) is 0.278. The minimum absolute atomic E-state index is 0.129. The lowest BCUT2D eigenvalue weighted by Gasteiger charge is -2.09. The molecule has 0 saturated carbocycles. The Morgan fingerprint density at radius 1 is 1.41 bits per heavy atom. The maximum absolute atomic E-state index is 11.8. The average molecular weight is 298 g/mol. The van der Waals surface area contributed by atoms with Gasteiger partial charge in [0.05, 0.1) is 24.1 Å². The predicted octanol–water partition coefficient (Wildman–Crippen LogP) is 0.0799. The zero-order valence-corrected chi connectivity index (χ0v) is 11.9. The minimum atomic E-state index is -0.615. The van der Waals surface area contributed by atoms with Crippen molar-refractivity contribution in [3.05, 3.63) is 58.4 Å². The number of anilines is 1. The van der Waals surface area contributed by atoms with Gasteiger partial charge in [0.2, 0.25) is 0 Å². The number of fused-ring (bicyclic) bond motifs is 1. The Hall–Kier alpha value is -3.16. The van der Waals surface area contributed by atoms with Gasteiger partial charge in [0.1, 0.15) is 5.69 Å². The molecule has 0 fully saturated rings. The van der Waals surface area contributed by atoms with Crippen LogP contribution in [0.2, 0.25) is 0 Å². The minimum Gasteiger partial charge on any atom is -0.385 e. The number of nitrogens with zero attached hydrogens (tertiary/aromatic N) is 4. The van der Waals surface area contributed by atoms with E-state index < -0.39 is 5.91 Å². The maximum atomic E-state index is 11.8. The fraction of sp³-hybridized carbons (Fsp3) is 0.143. The molecular weight excluding hydrogens is 284 g/mol. The Balaban J connectivity index is 2.14. The zero-order chi connectivity index (χ0) is 15.7. The third-order valence-corrected chi connectivity index (χ3v) is 3.27. The van der Waals surface area contributed by atoms with Crippen molar-refractivity contribution in [2.24, 2.45) is 5.73 Å². The highest BCUT2D eigenvalue weighted by Crippen LogP contribution is 2.17. The molecule has 0 aromatic carbocycles. The smallest absolute Gasteiger partial charge is 0.269 e. The van der Waals surface area contributed by atoms with Crippen molar-refractivity contribution < 1.29 is 4.79 Å². The number of carbonyl (C=O) groups is 1. The first-order valence-electron chi connectivity index (χ1n) is 6.61. The van der Waals surface area contributed by atoms with E-state index in [1.807, 2.05) is 0 Å². The quantitative estimate of drug-likeness (QED) is 0.709. The Labute approximate surface area is 125 Å². The van der Waals surface area contributed by atoms with Gasteiger partial charge in [0.25, 0.3) is 11.5 Å². The van der Waals surface area contributed by atoms with Crippen molar-refractivity contribution in [1.29, 1.82) is 0 Å². The fourth-order valence-corrected chi connectivity index (χ4v) is 2.21. The van der Waals surface area contributed by atoms with Gasteiger partial charge in [-0.3, -0.25) is 9.59 Å². The summed E-state index contributed by atoms with van der Waals surface area (Å²) < 4.78 is 2.91. The predicted molar refractivity (Wildman–Crippen MR) is 80.9 cm³/mol. The molecule has 3 aromatic rings. The van der Waals surface area contributed by atoms with Crippen LogP contribution in [0, 0.1) is 0 Å². The molecule has 0 spiro atoms. The number of hydrogen-bond acceptors (Lipinski definition) is 5. The second-order valence-corrected chi connectivity index (χ2v) is 4.71. The lowest BCUT2D eigenvalue weighted by molar-refractivity contribution is 0.0993. The van der Waals surface area contributed by atoms with Crippen LogP contribution in [0.15, 0.2) is 41.5 Å². The van der Waals surface area contributed by atoms with E-state index in [1.54, 1.807) is 31.4 Å². The van der Waals surface area contributed by atoms with Crippen LogP contribution in [0.1, 0.15) is 16.2 Å². The normalized spacial score (nSPS) is 10.8. The van der Waals surface area contributed by atoms with Gasteiger partial charge in [-0.15, -0.1) is 0 Å². The van der Waals surface area contributed by atoms with Gasteiger partial charge in [-0.2, -0.15) is 5.10 Å². The van der Waals surface area contributed by atoms with E-state index in [1.165, 1.54) is 21.3 Å². The largest absolute Gasteiger partial charge is 0.385 e. The van der Waals surface area contributed by atoms with Crippen molar-refractivity contribution in [2.75, 3.05) is 12.4 Å². The van der Waals surface area contributed by atoms with Crippen LogP contribution in [-0.2, 0) is 6.54 Å². The van der Waals surface area contributed by atoms with E-state index in [4.69, 9.17) is 5.73 Å². The molecule has 0 bridgehead atoms. The van der Waals surface area contributed by atoms with Crippen LogP contribution in [0.5, 0.6) is 0 Å². The van der Waals surface area contributed by atoms with E-state index in [9.17, 15) is 9.59 Å². The zero-order valence-electron chi connectivity index (χ0n) is 11.9. The molecular formula is C14H14N6O2. The number of carbonyl (C=O) groups excluding carboxylic acids is 1. The number of primary amides is 1. The lowest BCUT2D eigenvalue weighted by Crippen LogP contribution is -2.20. The number of nitrogens with one attached hydrogen (secondary N) is 1. The molecule has 3 heterocycles. The molecule has 0 aliphatic heterocycles. The van der Waals surface area contributed by atoms with Crippen LogP contribution in [0.3, 0.4) is 0 Å². The van der Waals surface area contributed by atoms with E-state index in [0.29, 0.717) is 17.0 Å². The molecule has 8 nitrogen and oxygen atoms in total. The van der Waals surface area contributed by atoms with Crippen molar-refractivity contribution in [3.8, 4) is 0 Å². The molecule has 0 radical (unpaired) electrons. The summed E-state index contributed by atoms with van der Waals surface area (Å²) in [5, 5.41) is 7.36. The van der Waals surface area contributed by atoms with Gasteiger partial charge < -0.3 is 15.6 Å². The number of nitrogens with two attached hydrogens (primary N) is 1. The highest BCUT2D eigenvalue weighted by atomic mass is 16.1. The summed E-state index contributed by atoms with van der Waals surface area (Å²) >= 11 is 0. The Bertz CT molecular complexity index is 911. The Morgan fingerprint density at radius 3 is 2.91 bits per heavy atom. The van der Waals surface area contributed by atoms with Crippen LogP contribution in [0.25, 0.3) is 5.65 Å². The maximum Gasteiger partial charge on any atom is 0.269 e. The van der Waals surface area contributed by atoms with Gasteiger partial charge in [-0.1, -0.05) is 6.07 Å². The molecule has 0 aliphatic rings. The first kappa shape index (κ1) is 13.8. The van der Waals surface area contributed by atoms with Crippen molar-refractivity contribution in [1.82, 2.24) is 19.2 Å². The summed E-state index contributed by atoms with van der Waals surface area (Å²) in [5.74, 6) is -0.615. The van der Waals surface area contributed by atoms with Gasteiger partial charge >= 0.3 is 0 Å². The van der Waals surface area contributed by atoms with Crippen LogP contribution in [-0.4, -0.2) is 32.1 Å². The summed E-state index contributed by atoms with van der Waals surface area (Å²) in [4.78, 5) is 27.4. The summed E-state index contributed by atoms with van der Waals surface area (Å²) in [5.41, 5.74) is 7.19. The molecule has 3 N–H and O–H groups in total. The van der Waals surface area contributed by atoms with E-state index in [0.717, 1.165) is 0 Å². The Kier molecular flexibility index (Phi) is 3.34. The average Bonchev–Trinajstić information content (AvgIpc) is 2.93. The van der Waals surface area contributed by atoms with E-state index >= 15 is 0 Å². The first-order chi connectivity index (χ1) is 10.6. The lowest BCUT2D eigenvalue weighted by atomic mass is 10.3. The van der Waals surface area contributed by atoms with Gasteiger partial charge in [-0.05, 0) is 12.1 Å². The molecule has 112 valence electrons. The number of aromatic nitrogens is 4. The molecule has 0 saturated heterocycles. The molecule has 0 unspecified atom stereocenters. The monoisotopic (exact) mass is 298 g/mol. The number of hydrogen-bond donors (Lipinski definition) is 2. The molecule has 3 rings (SSSR count). The second kappa shape index (κ2) is 5.32. The summed E-state index contributed by atoms with van der Waals surface area (Å²) in [6.07, 6.45) is 3.06. The van der Waals surface area contributed by atoms with Crippen LogP contribution < -0.4 is 16.6 Å². The van der Waals surface area contributed by atoms with Crippen LogP contribution in [0.4, 0.5) is 5.69 Å². The van der Waals surface area contributed by atoms with Gasteiger partial charge in [-0.25, -0.2) is 9.50 Å². The Morgan fingerprint density at radius 2 is 2.23 bits per heavy atom. The second-order valence-electron chi connectivity index (χ2n) is 4.71. The third kappa shape index (κ3) is 2.30. The van der Waals surface area contributed by atoms with E-state index in [-0.39, 0.29) is 17.8 Å². The molecule has 1 amide bonds. The summed E-state index contributed by atoms with van der Waals surface area (Å²) in [7, 11) is 1.74. The van der Waals surface area contributed by atoms with Crippen molar-refractivity contribution in [2.45, 2.75) is 6.54 Å². The van der Waals surface area contributed by atoms with Crippen LogP contribution >= 0.6 is 0 Å². The summed E-state index contributed by atoms with van der Waals surface area (Å²) in [6, 6.07) is 6.70. The SMILES string of the molecule is CNc1cc(Cn2ccccc2=O)nn2c(C(N)=O)cnc12. The highest BCUT2D eigenvalue weighted by Gasteiger charge is 2.14. The molecule has 8 heteroatoms. The third-order valence-electron chi connectivity index (χ3n) is 3.27. The van der Waals surface area contributed by atoms with Gasteiger partial charge in [0, 0.05) is 19.3 Å². The highest BCUT2D eigenvalue weighted by molar-refractivity contribution is 5.92. The molecule has 22 heavy (non-hydrogen) atoms. The number of imidazole rings is 1. The molecule has 0 aliphatic carbocycles. The van der Waals surface area contributed by atoms with Crippen molar-refractivity contribution in [3.63, 3.8) is 0 Å². The van der Waals surface area contributed by atoms with Gasteiger partial charge in [0.15, 0.2) is 5.65 Å².